The second-order valence-corrected chi connectivity index (χ2v) is 4.81. The Labute approximate surface area is 123 Å². The lowest BCUT2D eigenvalue weighted by Crippen LogP contribution is -2.55. The lowest BCUT2D eigenvalue weighted by atomic mass is 10.0. The lowest BCUT2D eigenvalue weighted by Gasteiger charge is -2.34. The molecule has 1 heterocycles. The molecule has 2 atom stereocenters. The number of aliphatic hydroxyl groups excluding tert-OH is 1. The molecule has 2 amide bonds. The van der Waals surface area contributed by atoms with Crippen molar-refractivity contribution in [2.24, 2.45) is 0 Å². The Kier molecular flexibility index (Phi) is 6.93. The van der Waals surface area contributed by atoms with Gasteiger partial charge in [-0.25, -0.2) is 14.4 Å². The maximum atomic E-state index is 12.2. The zero-order valence-corrected chi connectivity index (χ0v) is 12.1. The normalized spacial score (nSPS) is 19.7. The van der Waals surface area contributed by atoms with E-state index in [1.807, 2.05) is 0 Å². The molecule has 3 N–H and O–H groups in total. The number of ether oxygens (including phenoxy) is 1. The number of aliphatic carboxylic acids is 1. The van der Waals surface area contributed by atoms with Crippen LogP contribution in [0.3, 0.4) is 0 Å². The van der Waals surface area contributed by atoms with Crippen LogP contribution in [0.4, 0.5) is 4.79 Å². The van der Waals surface area contributed by atoms with Gasteiger partial charge in [0.1, 0.15) is 12.1 Å². The van der Waals surface area contributed by atoms with Gasteiger partial charge in [-0.2, -0.15) is 0 Å². The molecule has 0 aromatic heterocycles. The Hall–Kier alpha value is -1.83. The molecule has 1 fully saturated rings. The fourth-order valence-corrected chi connectivity index (χ4v) is 2.28. The minimum atomic E-state index is -1.22. The van der Waals surface area contributed by atoms with Crippen molar-refractivity contribution in [2.75, 3.05) is 19.8 Å². The number of amides is 2. The molecule has 8 nitrogen and oxygen atoms in total. The minimum Gasteiger partial charge on any atom is -0.480 e. The van der Waals surface area contributed by atoms with Gasteiger partial charge in [-0.3, -0.25) is 0 Å². The van der Waals surface area contributed by atoms with E-state index in [2.05, 4.69) is 5.32 Å². The van der Waals surface area contributed by atoms with Gasteiger partial charge in [0, 0.05) is 19.6 Å². The van der Waals surface area contributed by atoms with Crippen molar-refractivity contribution < 1.29 is 29.3 Å². The van der Waals surface area contributed by atoms with Crippen LogP contribution in [-0.2, 0) is 14.3 Å². The summed E-state index contributed by atoms with van der Waals surface area (Å²) in [6.07, 6.45) is 1.98. The number of carboxylic acids is 1. The number of carboxylic acid groups (broad SMARTS) is 1. The number of hydrogen-bond donors (Lipinski definition) is 3. The van der Waals surface area contributed by atoms with Crippen molar-refractivity contribution in [1.82, 2.24) is 10.2 Å². The Morgan fingerprint density at radius 3 is 2.67 bits per heavy atom. The molecule has 0 aromatic carbocycles. The SMILES string of the molecule is CCOC(=O)C1CCCCN1C(=O)N[C@@H](CCO)C(=O)O. The largest absolute Gasteiger partial charge is 0.480 e. The first-order chi connectivity index (χ1) is 10.0. The predicted molar refractivity (Wildman–Crippen MR) is 72.6 cm³/mol. The van der Waals surface area contributed by atoms with Crippen LogP contribution in [0.5, 0.6) is 0 Å². The first-order valence-electron chi connectivity index (χ1n) is 7.08. The van der Waals surface area contributed by atoms with Crippen LogP contribution >= 0.6 is 0 Å². The molecule has 8 heteroatoms. The maximum Gasteiger partial charge on any atom is 0.328 e. The fraction of sp³-hybridized carbons (Fsp3) is 0.769. The van der Waals surface area contributed by atoms with E-state index in [1.165, 1.54) is 4.90 Å². The van der Waals surface area contributed by atoms with Crippen LogP contribution < -0.4 is 5.32 Å². The molecule has 1 rings (SSSR count). The third-order valence-electron chi connectivity index (χ3n) is 3.34. The summed E-state index contributed by atoms with van der Waals surface area (Å²) >= 11 is 0. The van der Waals surface area contributed by atoms with E-state index in [4.69, 9.17) is 14.9 Å². The van der Waals surface area contributed by atoms with Gasteiger partial charge in [-0.15, -0.1) is 0 Å². The van der Waals surface area contributed by atoms with Crippen molar-refractivity contribution in [3.63, 3.8) is 0 Å². The summed E-state index contributed by atoms with van der Waals surface area (Å²) in [4.78, 5) is 36.3. The first kappa shape index (κ1) is 17.2. The summed E-state index contributed by atoms with van der Waals surface area (Å²) in [5, 5.41) is 20.1. The highest BCUT2D eigenvalue weighted by molar-refractivity contribution is 5.86. The van der Waals surface area contributed by atoms with Gasteiger partial charge in [-0.05, 0) is 26.2 Å². The zero-order chi connectivity index (χ0) is 15.8. The Balaban J connectivity index is 2.72. The predicted octanol–water partition coefficient (Wildman–Crippen LogP) is -0.0508. The quantitative estimate of drug-likeness (QED) is 0.592. The first-order valence-corrected chi connectivity index (χ1v) is 7.08. The lowest BCUT2D eigenvalue weighted by molar-refractivity contribution is -0.149. The third-order valence-corrected chi connectivity index (χ3v) is 3.34. The molecule has 0 spiro atoms. The highest BCUT2D eigenvalue weighted by Gasteiger charge is 2.34. The number of rotatable bonds is 6. The number of nitrogens with zero attached hydrogens (tertiary/aromatic N) is 1. The summed E-state index contributed by atoms with van der Waals surface area (Å²) in [6, 6.07) is -2.47. The summed E-state index contributed by atoms with van der Waals surface area (Å²) in [6.45, 7) is 1.94. The monoisotopic (exact) mass is 302 g/mol. The van der Waals surface area contributed by atoms with Crippen molar-refractivity contribution in [3.8, 4) is 0 Å². The number of nitrogens with one attached hydrogen (secondary N) is 1. The highest BCUT2D eigenvalue weighted by Crippen LogP contribution is 2.18. The average Bonchev–Trinajstić information content (AvgIpc) is 2.46. The fourth-order valence-electron chi connectivity index (χ4n) is 2.28. The van der Waals surface area contributed by atoms with Gasteiger partial charge in [0.05, 0.1) is 6.61 Å². The summed E-state index contributed by atoms with van der Waals surface area (Å²) in [5.74, 6) is -1.69. The molecule has 1 saturated heterocycles. The van der Waals surface area contributed by atoms with Crippen LogP contribution in [0.2, 0.25) is 0 Å². The van der Waals surface area contributed by atoms with Crippen LogP contribution in [0.25, 0.3) is 0 Å². The molecule has 1 unspecified atom stereocenters. The number of carbonyl (C=O) groups excluding carboxylic acids is 2. The number of esters is 1. The second-order valence-electron chi connectivity index (χ2n) is 4.81. The average molecular weight is 302 g/mol. The van der Waals surface area contributed by atoms with E-state index in [9.17, 15) is 14.4 Å². The Bertz CT molecular complexity index is 387. The number of piperidine rings is 1. The van der Waals surface area contributed by atoms with Crippen LogP contribution in [0.15, 0.2) is 0 Å². The number of urea groups is 1. The minimum absolute atomic E-state index is 0.0843. The van der Waals surface area contributed by atoms with Gasteiger partial charge in [0.2, 0.25) is 0 Å². The topological polar surface area (TPSA) is 116 Å². The van der Waals surface area contributed by atoms with E-state index in [-0.39, 0.29) is 19.6 Å². The molecule has 0 saturated carbocycles. The molecule has 0 bridgehead atoms. The highest BCUT2D eigenvalue weighted by atomic mass is 16.5. The molecule has 0 aliphatic carbocycles. The number of carbonyl (C=O) groups is 3. The van der Waals surface area contributed by atoms with Crippen molar-refractivity contribution in [1.29, 1.82) is 0 Å². The molecule has 1 aliphatic heterocycles. The van der Waals surface area contributed by atoms with E-state index in [0.717, 1.165) is 12.8 Å². The summed E-state index contributed by atoms with van der Waals surface area (Å²) in [5.41, 5.74) is 0. The van der Waals surface area contributed by atoms with E-state index in [0.29, 0.717) is 13.0 Å². The van der Waals surface area contributed by atoms with E-state index >= 15 is 0 Å². The molecule has 21 heavy (non-hydrogen) atoms. The standard InChI is InChI=1S/C13H22N2O6/c1-2-21-12(19)10-5-3-4-7-15(10)13(20)14-9(6-8-16)11(17)18/h9-10,16H,2-8H2,1H3,(H,14,20)(H,17,18)/t9-,10?/m0/s1. The molecule has 0 radical (unpaired) electrons. The van der Waals surface area contributed by atoms with E-state index < -0.39 is 30.1 Å². The molecule has 120 valence electrons. The zero-order valence-electron chi connectivity index (χ0n) is 12.1. The summed E-state index contributed by atoms with van der Waals surface area (Å²) in [7, 11) is 0. The van der Waals surface area contributed by atoms with Crippen LogP contribution in [-0.4, -0.2) is 64.9 Å². The maximum absolute atomic E-state index is 12.2. The van der Waals surface area contributed by atoms with Gasteiger partial charge in [0.25, 0.3) is 0 Å². The van der Waals surface area contributed by atoms with Crippen molar-refractivity contribution >= 4 is 18.0 Å². The second kappa shape index (κ2) is 8.46. The summed E-state index contributed by atoms with van der Waals surface area (Å²) < 4.78 is 4.94. The Morgan fingerprint density at radius 1 is 1.38 bits per heavy atom. The van der Waals surface area contributed by atoms with Gasteiger partial charge in [-0.1, -0.05) is 0 Å². The number of aliphatic hydroxyl groups is 1. The van der Waals surface area contributed by atoms with Gasteiger partial charge in [0.15, 0.2) is 0 Å². The number of hydrogen-bond acceptors (Lipinski definition) is 5. The van der Waals surface area contributed by atoms with Crippen LogP contribution in [0.1, 0.15) is 32.6 Å². The molecular weight excluding hydrogens is 280 g/mol. The van der Waals surface area contributed by atoms with Crippen molar-refractivity contribution in [2.45, 2.75) is 44.7 Å². The number of likely N-dealkylation sites (tertiary alicyclic amines) is 1. The molecular formula is C13H22N2O6. The van der Waals surface area contributed by atoms with E-state index in [1.54, 1.807) is 6.92 Å². The van der Waals surface area contributed by atoms with Gasteiger partial charge < -0.3 is 25.2 Å². The van der Waals surface area contributed by atoms with Gasteiger partial charge >= 0.3 is 18.0 Å². The van der Waals surface area contributed by atoms with Crippen LogP contribution in [0, 0.1) is 0 Å². The molecule has 1 aliphatic rings. The smallest absolute Gasteiger partial charge is 0.328 e. The van der Waals surface area contributed by atoms with Crippen molar-refractivity contribution in [3.05, 3.63) is 0 Å². The Morgan fingerprint density at radius 2 is 2.10 bits per heavy atom. The molecule has 0 aromatic rings. The third kappa shape index (κ3) is 4.89.